The lowest BCUT2D eigenvalue weighted by molar-refractivity contribution is 0.204. The lowest BCUT2D eigenvalue weighted by atomic mass is 10.0. The Morgan fingerprint density at radius 2 is 1.50 bits per heavy atom. The molecule has 106 valence electrons. The van der Waals surface area contributed by atoms with Crippen LogP contribution in [0.5, 0.6) is 0 Å². The third-order valence-corrected chi connectivity index (χ3v) is 4.55. The Bertz CT molecular complexity index is 534. The van der Waals surface area contributed by atoms with Crippen molar-refractivity contribution in [3.05, 3.63) is 64.7 Å². The van der Waals surface area contributed by atoms with Crippen molar-refractivity contribution in [2.45, 2.75) is 30.8 Å². The molecule has 2 rings (SSSR count). The van der Waals surface area contributed by atoms with Crippen LogP contribution in [0.1, 0.15) is 37.0 Å². The van der Waals surface area contributed by atoms with E-state index in [1.54, 1.807) is 11.8 Å². The number of hydrogen-bond donors (Lipinski definition) is 1. The number of thioether (sulfide) groups is 1. The molecule has 1 atom stereocenters. The first-order chi connectivity index (χ1) is 9.56. The molecule has 0 aliphatic carbocycles. The summed E-state index contributed by atoms with van der Waals surface area (Å²) < 4.78 is 0. The smallest absolute Gasteiger partial charge is 0.0883 e. The summed E-state index contributed by atoms with van der Waals surface area (Å²) in [4.78, 5) is 1.12. The Labute approximate surface area is 130 Å². The number of aliphatic hydroxyl groups excluding tert-OH is 1. The Morgan fingerprint density at radius 1 is 0.950 bits per heavy atom. The number of hydrogen-bond acceptors (Lipinski definition) is 2. The van der Waals surface area contributed by atoms with Crippen molar-refractivity contribution in [3.8, 4) is 0 Å². The molecule has 0 bridgehead atoms. The van der Waals surface area contributed by atoms with Crippen LogP contribution in [-0.2, 0) is 0 Å². The molecule has 0 aliphatic heterocycles. The Balaban J connectivity index is 1.94. The van der Waals surface area contributed by atoms with Crippen molar-refractivity contribution in [3.63, 3.8) is 0 Å². The van der Waals surface area contributed by atoms with Gasteiger partial charge in [-0.15, -0.1) is 11.8 Å². The average Bonchev–Trinajstić information content (AvgIpc) is 2.46. The third kappa shape index (κ3) is 4.27. The van der Waals surface area contributed by atoms with E-state index in [9.17, 15) is 5.11 Å². The second kappa shape index (κ2) is 7.16. The molecule has 0 aromatic heterocycles. The monoisotopic (exact) mass is 306 g/mol. The predicted octanol–water partition coefficient (Wildman–Crippen LogP) is 5.29. The minimum absolute atomic E-state index is 0.447. The molecule has 1 N–H and O–H groups in total. The molecule has 0 aliphatic rings. The average molecular weight is 307 g/mol. The fourth-order valence-electron chi connectivity index (χ4n) is 1.91. The summed E-state index contributed by atoms with van der Waals surface area (Å²) in [7, 11) is 0. The van der Waals surface area contributed by atoms with Gasteiger partial charge >= 0.3 is 0 Å². The van der Waals surface area contributed by atoms with Crippen LogP contribution in [0.2, 0.25) is 5.02 Å². The van der Waals surface area contributed by atoms with E-state index in [-0.39, 0.29) is 0 Å². The minimum atomic E-state index is -0.447. The molecular weight excluding hydrogens is 288 g/mol. The van der Waals surface area contributed by atoms with Crippen molar-refractivity contribution < 1.29 is 5.11 Å². The molecule has 0 saturated heterocycles. The van der Waals surface area contributed by atoms with Gasteiger partial charge in [0.25, 0.3) is 0 Å². The van der Waals surface area contributed by atoms with Crippen LogP contribution in [0, 0.1) is 0 Å². The maximum atomic E-state index is 10.2. The number of halogens is 1. The fraction of sp³-hybridized carbons (Fsp3) is 0.294. The highest BCUT2D eigenvalue weighted by Crippen LogP contribution is 2.26. The van der Waals surface area contributed by atoms with Gasteiger partial charge in [0.2, 0.25) is 0 Å². The van der Waals surface area contributed by atoms with E-state index in [0.29, 0.717) is 11.7 Å². The molecule has 0 radical (unpaired) electrons. The SMILES string of the molecule is CC(C)c1ccc(C(O)CSc2ccc(Cl)cc2)cc1. The summed E-state index contributed by atoms with van der Waals surface area (Å²) in [5.74, 6) is 1.16. The van der Waals surface area contributed by atoms with Crippen molar-refractivity contribution >= 4 is 23.4 Å². The molecule has 2 aromatic rings. The second-order valence-electron chi connectivity index (χ2n) is 5.10. The zero-order valence-corrected chi connectivity index (χ0v) is 13.3. The van der Waals surface area contributed by atoms with Gasteiger partial charge in [0.1, 0.15) is 0 Å². The summed E-state index contributed by atoms with van der Waals surface area (Å²) in [5, 5.41) is 11.0. The van der Waals surface area contributed by atoms with Gasteiger partial charge in [-0.25, -0.2) is 0 Å². The summed E-state index contributed by atoms with van der Waals surface area (Å²) in [5.41, 5.74) is 2.27. The van der Waals surface area contributed by atoms with E-state index in [0.717, 1.165) is 15.5 Å². The van der Waals surface area contributed by atoms with Crippen LogP contribution in [0.4, 0.5) is 0 Å². The molecule has 2 aromatic carbocycles. The maximum Gasteiger partial charge on any atom is 0.0883 e. The van der Waals surface area contributed by atoms with Crippen LogP contribution < -0.4 is 0 Å². The van der Waals surface area contributed by atoms with E-state index in [1.165, 1.54) is 5.56 Å². The largest absolute Gasteiger partial charge is 0.388 e. The Kier molecular flexibility index (Phi) is 5.53. The molecule has 20 heavy (non-hydrogen) atoms. The Hall–Kier alpha value is -0.960. The van der Waals surface area contributed by atoms with Gasteiger partial charge in [0.15, 0.2) is 0 Å². The van der Waals surface area contributed by atoms with E-state index in [2.05, 4.69) is 26.0 Å². The van der Waals surface area contributed by atoms with Crippen molar-refractivity contribution in [1.82, 2.24) is 0 Å². The highest BCUT2D eigenvalue weighted by molar-refractivity contribution is 7.99. The lowest BCUT2D eigenvalue weighted by Crippen LogP contribution is -2.01. The Morgan fingerprint density at radius 3 is 2.05 bits per heavy atom. The highest BCUT2D eigenvalue weighted by Gasteiger charge is 2.09. The van der Waals surface area contributed by atoms with E-state index >= 15 is 0 Å². The van der Waals surface area contributed by atoms with Gasteiger partial charge < -0.3 is 5.11 Å². The van der Waals surface area contributed by atoms with Gasteiger partial charge in [-0.2, -0.15) is 0 Å². The van der Waals surface area contributed by atoms with Crippen LogP contribution in [0.25, 0.3) is 0 Å². The molecular formula is C17H19ClOS. The molecule has 3 heteroatoms. The lowest BCUT2D eigenvalue weighted by Gasteiger charge is -2.12. The fourth-order valence-corrected chi connectivity index (χ4v) is 2.90. The van der Waals surface area contributed by atoms with E-state index < -0.39 is 6.10 Å². The van der Waals surface area contributed by atoms with Crippen molar-refractivity contribution in [1.29, 1.82) is 0 Å². The number of aliphatic hydroxyl groups is 1. The molecule has 0 saturated carbocycles. The van der Waals surface area contributed by atoms with Crippen molar-refractivity contribution in [2.24, 2.45) is 0 Å². The third-order valence-electron chi connectivity index (χ3n) is 3.21. The quantitative estimate of drug-likeness (QED) is 0.757. The molecule has 0 amide bonds. The van der Waals surface area contributed by atoms with Crippen LogP contribution in [-0.4, -0.2) is 10.9 Å². The van der Waals surface area contributed by atoms with Crippen LogP contribution in [0.15, 0.2) is 53.4 Å². The van der Waals surface area contributed by atoms with Crippen molar-refractivity contribution in [2.75, 3.05) is 5.75 Å². The second-order valence-corrected chi connectivity index (χ2v) is 6.63. The van der Waals surface area contributed by atoms with Gasteiger partial charge in [0.05, 0.1) is 6.10 Å². The van der Waals surface area contributed by atoms with Gasteiger partial charge in [0, 0.05) is 15.7 Å². The minimum Gasteiger partial charge on any atom is -0.388 e. The molecule has 0 fully saturated rings. The van der Waals surface area contributed by atoms with Crippen LogP contribution in [0.3, 0.4) is 0 Å². The predicted molar refractivity (Wildman–Crippen MR) is 87.7 cm³/mol. The number of benzene rings is 2. The first-order valence-corrected chi connectivity index (χ1v) is 8.09. The zero-order valence-electron chi connectivity index (χ0n) is 11.7. The normalized spacial score (nSPS) is 12.7. The summed E-state index contributed by atoms with van der Waals surface area (Å²) >= 11 is 7.49. The summed E-state index contributed by atoms with van der Waals surface area (Å²) in [6.45, 7) is 4.34. The summed E-state index contributed by atoms with van der Waals surface area (Å²) in [6.07, 6.45) is -0.447. The van der Waals surface area contributed by atoms with Gasteiger partial charge in [-0.3, -0.25) is 0 Å². The zero-order chi connectivity index (χ0) is 14.5. The first-order valence-electron chi connectivity index (χ1n) is 6.72. The van der Waals surface area contributed by atoms with Gasteiger partial charge in [-0.05, 0) is 41.3 Å². The molecule has 1 nitrogen and oxygen atoms in total. The van der Waals surface area contributed by atoms with E-state index in [4.69, 9.17) is 11.6 Å². The first kappa shape index (κ1) is 15.4. The summed E-state index contributed by atoms with van der Waals surface area (Å²) in [6, 6.07) is 15.9. The molecule has 0 heterocycles. The standard InChI is InChI=1S/C17H19ClOS/c1-12(2)13-3-5-14(6-4-13)17(19)11-20-16-9-7-15(18)8-10-16/h3-10,12,17,19H,11H2,1-2H3. The molecule has 0 spiro atoms. The van der Waals surface area contributed by atoms with Crippen LogP contribution >= 0.6 is 23.4 Å². The van der Waals surface area contributed by atoms with E-state index in [1.807, 2.05) is 36.4 Å². The highest BCUT2D eigenvalue weighted by atomic mass is 35.5. The number of rotatable bonds is 5. The molecule has 1 unspecified atom stereocenters. The van der Waals surface area contributed by atoms with Gasteiger partial charge in [-0.1, -0.05) is 49.7 Å². The topological polar surface area (TPSA) is 20.2 Å². The maximum absolute atomic E-state index is 10.2.